The lowest BCUT2D eigenvalue weighted by Crippen LogP contribution is -2.50. The van der Waals surface area contributed by atoms with Gasteiger partial charge in [0.1, 0.15) is 5.54 Å². The number of aryl methyl sites for hydroxylation is 1. The molecule has 3 heteroatoms. The number of rotatable bonds is 6. The molecule has 0 aromatic heterocycles. The van der Waals surface area contributed by atoms with Crippen LogP contribution < -0.4 is 5.32 Å². The summed E-state index contributed by atoms with van der Waals surface area (Å²) in [5.74, 6) is -0.444. The Balaban J connectivity index is 2.75. The first-order chi connectivity index (χ1) is 8.35. The topological polar surface area (TPSA) is 49.3 Å². The van der Waals surface area contributed by atoms with Crippen molar-refractivity contribution in [1.29, 1.82) is 0 Å². The van der Waals surface area contributed by atoms with E-state index in [9.17, 15) is 9.90 Å². The molecule has 1 aromatic rings. The van der Waals surface area contributed by atoms with E-state index in [4.69, 9.17) is 0 Å². The van der Waals surface area contributed by atoms with Gasteiger partial charge in [0, 0.05) is 6.54 Å². The number of hydrogen-bond acceptors (Lipinski definition) is 2. The molecular weight excluding hydrogens is 226 g/mol. The number of aliphatic carboxylic acids is 1. The van der Waals surface area contributed by atoms with Crippen molar-refractivity contribution in [2.45, 2.75) is 46.2 Å². The molecule has 0 aliphatic carbocycles. The smallest absolute Gasteiger partial charge is 0.323 e. The normalized spacial score (nSPS) is 14.5. The second-order valence-electron chi connectivity index (χ2n) is 5.52. The predicted octanol–water partition coefficient (Wildman–Crippen LogP) is 2.97. The minimum absolute atomic E-state index is 0.343. The van der Waals surface area contributed by atoms with E-state index in [0.29, 0.717) is 18.9 Å². The lowest BCUT2D eigenvalue weighted by atomic mass is 9.90. The molecule has 0 saturated heterocycles. The van der Waals surface area contributed by atoms with Gasteiger partial charge in [0.05, 0.1) is 0 Å². The van der Waals surface area contributed by atoms with Gasteiger partial charge in [-0.15, -0.1) is 0 Å². The molecule has 0 saturated carbocycles. The quantitative estimate of drug-likeness (QED) is 0.815. The summed E-state index contributed by atoms with van der Waals surface area (Å²) in [7, 11) is 0. The van der Waals surface area contributed by atoms with Crippen LogP contribution in [0.5, 0.6) is 0 Å². The van der Waals surface area contributed by atoms with Crippen LogP contribution >= 0.6 is 0 Å². The van der Waals surface area contributed by atoms with Crippen LogP contribution in [0.15, 0.2) is 24.3 Å². The third kappa shape index (κ3) is 3.84. The molecule has 1 unspecified atom stereocenters. The molecule has 1 atom stereocenters. The first-order valence-electron chi connectivity index (χ1n) is 6.38. The molecule has 1 rings (SSSR count). The molecule has 0 radical (unpaired) electrons. The summed E-state index contributed by atoms with van der Waals surface area (Å²) in [4.78, 5) is 11.4. The zero-order valence-electron chi connectivity index (χ0n) is 11.7. The minimum Gasteiger partial charge on any atom is -0.480 e. The van der Waals surface area contributed by atoms with Crippen molar-refractivity contribution in [2.75, 3.05) is 0 Å². The number of carbonyl (C=O) groups is 1. The van der Waals surface area contributed by atoms with E-state index in [1.165, 1.54) is 5.56 Å². The van der Waals surface area contributed by atoms with Crippen LogP contribution in [-0.2, 0) is 11.3 Å². The highest BCUT2D eigenvalue weighted by Crippen LogP contribution is 2.18. The Morgan fingerprint density at radius 1 is 1.39 bits per heavy atom. The summed E-state index contributed by atoms with van der Waals surface area (Å²) in [6, 6.07) is 8.03. The first-order valence-corrected chi connectivity index (χ1v) is 6.38. The van der Waals surface area contributed by atoms with E-state index < -0.39 is 11.5 Å². The van der Waals surface area contributed by atoms with Gasteiger partial charge in [0.2, 0.25) is 0 Å². The van der Waals surface area contributed by atoms with Crippen LogP contribution in [0.2, 0.25) is 0 Å². The molecule has 100 valence electrons. The maximum atomic E-state index is 11.4. The number of benzene rings is 1. The summed E-state index contributed by atoms with van der Waals surface area (Å²) >= 11 is 0. The predicted molar refractivity (Wildman–Crippen MR) is 73.5 cm³/mol. The van der Waals surface area contributed by atoms with Gasteiger partial charge in [-0.3, -0.25) is 10.1 Å². The van der Waals surface area contributed by atoms with Gasteiger partial charge in [-0.05, 0) is 37.3 Å². The van der Waals surface area contributed by atoms with Crippen LogP contribution in [0.4, 0.5) is 0 Å². The second kappa shape index (κ2) is 6.01. The summed E-state index contributed by atoms with van der Waals surface area (Å²) in [6.45, 7) is 8.46. The Kier molecular flexibility index (Phi) is 4.91. The maximum absolute atomic E-state index is 11.4. The number of hydrogen-bond donors (Lipinski definition) is 2. The average molecular weight is 249 g/mol. The Hall–Kier alpha value is -1.35. The van der Waals surface area contributed by atoms with Gasteiger partial charge in [-0.1, -0.05) is 38.1 Å². The van der Waals surface area contributed by atoms with Crippen LogP contribution in [0.25, 0.3) is 0 Å². The number of nitrogens with one attached hydrogen (secondary N) is 1. The molecular formula is C15H23NO2. The van der Waals surface area contributed by atoms with Crippen molar-refractivity contribution in [3.63, 3.8) is 0 Å². The maximum Gasteiger partial charge on any atom is 0.323 e. The molecule has 0 aliphatic rings. The monoisotopic (exact) mass is 249 g/mol. The molecule has 0 spiro atoms. The summed E-state index contributed by atoms with van der Waals surface area (Å²) < 4.78 is 0. The summed E-state index contributed by atoms with van der Waals surface area (Å²) in [5, 5.41) is 12.6. The lowest BCUT2D eigenvalue weighted by molar-refractivity contribution is -0.145. The van der Waals surface area contributed by atoms with E-state index in [2.05, 4.69) is 5.32 Å². The molecule has 0 bridgehead atoms. The van der Waals surface area contributed by atoms with Gasteiger partial charge < -0.3 is 5.11 Å². The Bertz CT molecular complexity index is 415. The molecule has 2 N–H and O–H groups in total. The van der Waals surface area contributed by atoms with Gasteiger partial charge in [-0.2, -0.15) is 0 Å². The third-order valence-electron chi connectivity index (χ3n) is 3.22. The van der Waals surface area contributed by atoms with Gasteiger partial charge in [0.15, 0.2) is 0 Å². The Labute approximate surface area is 109 Å². The van der Waals surface area contributed by atoms with E-state index in [1.807, 2.05) is 45.0 Å². The van der Waals surface area contributed by atoms with Gasteiger partial charge >= 0.3 is 5.97 Å². The van der Waals surface area contributed by atoms with E-state index in [1.54, 1.807) is 6.92 Å². The zero-order valence-corrected chi connectivity index (χ0v) is 11.7. The third-order valence-corrected chi connectivity index (χ3v) is 3.22. The highest BCUT2D eigenvalue weighted by Gasteiger charge is 2.33. The standard InChI is InChI=1S/C15H23NO2/c1-11(2)9-15(4,14(17)18)16-10-13-8-6-5-7-12(13)3/h5-8,11,16H,9-10H2,1-4H3,(H,17,18). The zero-order chi connectivity index (χ0) is 13.8. The molecule has 0 amide bonds. The van der Waals surface area contributed by atoms with Crippen molar-refractivity contribution in [3.8, 4) is 0 Å². The molecule has 0 heterocycles. The van der Waals surface area contributed by atoms with Gasteiger partial charge in [-0.25, -0.2) is 0 Å². The first kappa shape index (κ1) is 14.7. The SMILES string of the molecule is Cc1ccccc1CNC(C)(CC(C)C)C(=O)O. The molecule has 18 heavy (non-hydrogen) atoms. The molecule has 0 aliphatic heterocycles. The molecule has 3 nitrogen and oxygen atoms in total. The van der Waals surface area contributed by atoms with Crippen LogP contribution in [0.1, 0.15) is 38.3 Å². The highest BCUT2D eigenvalue weighted by atomic mass is 16.4. The number of carboxylic acid groups (broad SMARTS) is 1. The van der Waals surface area contributed by atoms with Crippen LogP contribution in [0, 0.1) is 12.8 Å². The number of carboxylic acids is 1. The largest absolute Gasteiger partial charge is 0.480 e. The van der Waals surface area contributed by atoms with E-state index >= 15 is 0 Å². The van der Waals surface area contributed by atoms with E-state index in [0.717, 1.165) is 5.56 Å². The van der Waals surface area contributed by atoms with Crippen molar-refractivity contribution in [1.82, 2.24) is 5.32 Å². The fourth-order valence-electron chi connectivity index (χ4n) is 2.15. The van der Waals surface area contributed by atoms with Crippen molar-refractivity contribution in [2.24, 2.45) is 5.92 Å². The lowest BCUT2D eigenvalue weighted by Gasteiger charge is -2.28. The minimum atomic E-state index is -0.865. The summed E-state index contributed by atoms with van der Waals surface area (Å²) in [5.41, 5.74) is 1.47. The van der Waals surface area contributed by atoms with Crippen molar-refractivity contribution >= 4 is 5.97 Å². The molecule has 1 aromatic carbocycles. The fourth-order valence-corrected chi connectivity index (χ4v) is 2.15. The van der Waals surface area contributed by atoms with Crippen LogP contribution in [-0.4, -0.2) is 16.6 Å². The second-order valence-corrected chi connectivity index (χ2v) is 5.52. The van der Waals surface area contributed by atoms with Crippen LogP contribution in [0.3, 0.4) is 0 Å². The Morgan fingerprint density at radius 2 is 2.00 bits per heavy atom. The van der Waals surface area contributed by atoms with Gasteiger partial charge in [0.25, 0.3) is 0 Å². The summed E-state index contributed by atoms with van der Waals surface area (Å²) in [6.07, 6.45) is 0.619. The highest BCUT2D eigenvalue weighted by molar-refractivity contribution is 5.78. The van der Waals surface area contributed by atoms with E-state index in [-0.39, 0.29) is 0 Å². The van der Waals surface area contributed by atoms with Crippen molar-refractivity contribution < 1.29 is 9.90 Å². The molecule has 0 fully saturated rings. The average Bonchev–Trinajstić information content (AvgIpc) is 2.27. The fraction of sp³-hybridized carbons (Fsp3) is 0.533. The van der Waals surface area contributed by atoms with Crippen molar-refractivity contribution in [3.05, 3.63) is 35.4 Å². The Morgan fingerprint density at radius 3 is 2.50 bits per heavy atom.